The number of fused-ring (bicyclic) bond motifs is 1. The lowest BCUT2D eigenvalue weighted by Gasteiger charge is -2.22. The highest BCUT2D eigenvalue weighted by atomic mass is 16.8. The summed E-state index contributed by atoms with van der Waals surface area (Å²) in [5.74, 6) is 0. The van der Waals surface area contributed by atoms with Gasteiger partial charge in [-0.1, -0.05) is 0 Å². The monoisotopic (exact) mass is 508 g/mol. The first-order valence-corrected chi connectivity index (χ1v) is 11.7. The summed E-state index contributed by atoms with van der Waals surface area (Å²) < 4.78 is 26.1. The third-order valence-electron chi connectivity index (χ3n) is 6.85. The molecule has 5 rings (SSSR count). The number of aromatic amines is 2. The third-order valence-corrected chi connectivity index (χ3v) is 6.85. The van der Waals surface area contributed by atoms with E-state index in [0.29, 0.717) is 24.0 Å². The minimum absolute atomic E-state index is 0.171. The molecule has 0 bridgehead atoms. The predicted octanol–water partition coefficient (Wildman–Crippen LogP) is -1.87. The van der Waals surface area contributed by atoms with Gasteiger partial charge in [0.1, 0.15) is 24.5 Å². The van der Waals surface area contributed by atoms with E-state index in [4.69, 9.17) is 18.9 Å². The topological polar surface area (TPSA) is 187 Å². The summed E-state index contributed by atoms with van der Waals surface area (Å²) in [4.78, 5) is 52.4. The van der Waals surface area contributed by atoms with Gasteiger partial charge >= 0.3 is 11.4 Å². The van der Waals surface area contributed by atoms with Gasteiger partial charge in [0.05, 0.1) is 18.8 Å². The molecule has 14 heteroatoms. The average molecular weight is 508 g/mol. The van der Waals surface area contributed by atoms with E-state index in [0.717, 1.165) is 0 Å². The molecule has 0 saturated carbocycles. The van der Waals surface area contributed by atoms with Gasteiger partial charge in [0.25, 0.3) is 11.1 Å². The van der Waals surface area contributed by atoms with Gasteiger partial charge in [-0.05, 0) is 20.3 Å². The number of H-pyrrole nitrogens is 2. The van der Waals surface area contributed by atoms with Crippen molar-refractivity contribution in [1.29, 1.82) is 0 Å². The van der Waals surface area contributed by atoms with Crippen LogP contribution in [0.25, 0.3) is 0 Å². The van der Waals surface area contributed by atoms with Crippen molar-refractivity contribution in [3.05, 3.63) is 65.2 Å². The largest absolute Gasteiger partial charge is 0.394 e. The number of aliphatic hydroxyl groups is 2. The number of aryl methyl sites for hydroxylation is 2. The number of ether oxygens (including phenoxy) is 4. The molecule has 3 aliphatic heterocycles. The van der Waals surface area contributed by atoms with Crippen molar-refractivity contribution in [2.45, 2.75) is 82.4 Å². The molecule has 3 aliphatic rings. The van der Waals surface area contributed by atoms with E-state index in [-0.39, 0.29) is 13.0 Å². The van der Waals surface area contributed by atoms with E-state index in [9.17, 15) is 29.4 Å². The Balaban J connectivity index is 1.25. The third kappa shape index (κ3) is 4.40. The van der Waals surface area contributed by atoms with Crippen LogP contribution in [0.4, 0.5) is 0 Å². The van der Waals surface area contributed by atoms with Crippen LogP contribution in [0.15, 0.2) is 31.6 Å². The van der Waals surface area contributed by atoms with Gasteiger partial charge in [0, 0.05) is 36.4 Å². The number of aromatic nitrogens is 4. The molecule has 196 valence electrons. The lowest BCUT2D eigenvalue weighted by atomic mass is 10.1. The normalized spacial score (nSPS) is 33.8. The number of nitrogens with one attached hydrogen (secondary N) is 2. The van der Waals surface area contributed by atoms with Crippen LogP contribution in [0.5, 0.6) is 0 Å². The van der Waals surface area contributed by atoms with Gasteiger partial charge in [-0.25, -0.2) is 9.59 Å². The number of nitrogens with zero attached hydrogens (tertiary/aromatic N) is 2. The molecule has 1 unspecified atom stereocenters. The maximum atomic E-state index is 12.4. The van der Waals surface area contributed by atoms with E-state index in [1.54, 1.807) is 13.8 Å². The lowest BCUT2D eigenvalue weighted by Crippen LogP contribution is -2.37. The summed E-state index contributed by atoms with van der Waals surface area (Å²) in [6.45, 7) is 2.77. The molecule has 0 aromatic carbocycles. The maximum Gasteiger partial charge on any atom is 0.330 e. The Morgan fingerprint density at radius 3 is 2.14 bits per heavy atom. The Kier molecular flexibility index (Phi) is 6.57. The van der Waals surface area contributed by atoms with E-state index in [2.05, 4.69) is 9.97 Å². The highest BCUT2D eigenvalue weighted by Crippen LogP contribution is 2.40. The number of hydrogen-bond acceptors (Lipinski definition) is 10. The van der Waals surface area contributed by atoms with Gasteiger partial charge < -0.3 is 29.2 Å². The Morgan fingerprint density at radius 1 is 0.861 bits per heavy atom. The highest BCUT2D eigenvalue weighted by molar-refractivity contribution is 5.05. The van der Waals surface area contributed by atoms with Crippen LogP contribution < -0.4 is 22.5 Å². The SMILES string of the molecule is Cc1cn([C@@H]2O[C@H](CO)[C@H]3OC(CC[C@H]4O[C@@H](n5cc(C)c(=O)[nH]c5=O)C[C@@H]4O)O[C@H]32)c(=O)[nH]c1=O. The van der Waals surface area contributed by atoms with Gasteiger partial charge in [-0.3, -0.25) is 28.7 Å². The molecule has 14 nitrogen and oxygen atoms in total. The molecule has 36 heavy (non-hydrogen) atoms. The lowest BCUT2D eigenvalue weighted by molar-refractivity contribution is -0.158. The Bertz CT molecular complexity index is 1360. The van der Waals surface area contributed by atoms with Crippen LogP contribution in [0.2, 0.25) is 0 Å². The zero-order valence-corrected chi connectivity index (χ0v) is 19.7. The van der Waals surface area contributed by atoms with Crippen LogP contribution in [0, 0.1) is 13.8 Å². The van der Waals surface area contributed by atoms with E-state index < -0.39 is 71.8 Å². The van der Waals surface area contributed by atoms with E-state index in [1.165, 1.54) is 21.5 Å². The van der Waals surface area contributed by atoms with Gasteiger partial charge in [-0.15, -0.1) is 0 Å². The van der Waals surface area contributed by atoms with Crippen molar-refractivity contribution in [2.24, 2.45) is 0 Å². The number of aliphatic hydroxyl groups excluding tert-OH is 2. The molecule has 3 saturated heterocycles. The molecule has 5 heterocycles. The van der Waals surface area contributed by atoms with Gasteiger partial charge in [0.2, 0.25) is 0 Å². The fourth-order valence-electron chi connectivity index (χ4n) is 4.93. The smallest absolute Gasteiger partial charge is 0.330 e. The molecule has 8 atom stereocenters. The summed E-state index contributed by atoms with van der Waals surface area (Å²) >= 11 is 0. The second kappa shape index (κ2) is 9.53. The maximum absolute atomic E-state index is 12.4. The molecule has 0 amide bonds. The predicted molar refractivity (Wildman–Crippen MR) is 120 cm³/mol. The van der Waals surface area contributed by atoms with Crippen molar-refractivity contribution < 1.29 is 29.2 Å². The minimum Gasteiger partial charge on any atom is -0.394 e. The van der Waals surface area contributed by atoms with Crippen molar-refractivity contribution in [2.75, 3.05) is 6.61 Å². The standard InChI is InChI=1S/C22H28N4O10/c1-9-6-25(21(31)23-18(9)29)14-5-11(28)12(33-14)3-4-15-35-16-13(8-27)34-20(17(16)36-15)26-7-10(2)19(30)24-22(26)32/h6-7,11-17,20,27-28H,3-5,8H2,1-2H3,(H,23,29,31)(H,24,30,32)/t11-,12+,13+,14+,15?,16+,17+,20+/m0/s1. The first-order chi connectivity index (χ1) is 17.2. The average Bonchev–Trinajstić information content (AvgIpc) is 3.50. The summed E-state index contributed by atoms with van der Waals surface area (Å²) in [6.07, 6.45) is -2.28. The number of hydrogen-bond donors (Lipinski definition) is 4. The first kappa shape index (κ1) is 24.8. The molecular weight excluding hydrogens is 480 g/mol. The molecular formula is C22H28N4O10. The molecule has 0 aliphatic carbocycles. The second-order valence-corrected chi connectivity index (χ2v) is 9.35. The van der Waals surface area contributed by atoms with Crippen LogP contribution in [-0.2, 0) is 18.9 Å². The van der Waals surface area contributed by atoms with E-state index >= 15 is 0 Å². The van der Waals surface area contributed by atoms with Gasteiger partial charge in [-0.2, -0.15) is 0 Å². The molecule has 0 spiro atoms. The molecule has 2 aromatic rings. The summed E-state index contributed by atoms with van der Waals surface area (Å²) in [6, 6.07) is 0. The molecule has 3 fully saturated rings. The second-order valence-electron chi connectivity index (χ2n) is 9.35. The molecule has 4 N–H and O–H groups in total. The zero-order chi connectivity index (χ0) is 25.7. The zero-order valence-electron chi connectivity index (χ0n) is 19.7. The highest BCUT2D eigenvalue weighted by Gasteiger charge is 2.53. The van der Waals surface area contributed by atoms with Crippen molar-refractivity contribution >= 4 is 0 Å². The van der Waals surface area contributed by atoms with Crippen molar-refractivity contribution in [3.8, 4) is 0 Å². The van der Waals surface area contributed by atoms with Crippen LogP contribution in [-0.4, -0.2) is 72.7 Å². The summed E-state index contributed by atoms with van der Waals surface area (Å²) in [7, 11) is 0. The molecule has 0 radical (unpaired) electrons. The summed E-state index contributed by atoms with van der Waals surface area (Å²) in [5, 5.41) is 20.3. The quantitative estimate of drug-likeness (QED) is 0.344. The van der Waals surface area contributed by atoms with E-state index in [1.807, 2.05) is 0 Å². The summed E-state index contributed by atoms with van der Waals surface area (Å²) in [5.41, 5.74) is -1.60. The van der Waals surface area contributed by atoms with Crippen molar-refractivity contribution in [3.63, 3.8) is 0 Å². The Labute approximate surface area is 203 Å². The van der Waals surface area contributed by atoms with Gasteiger partial charge in [0.15, 0.2) is 12.5 Å². The fourth-order valence-corrected chi connectivity index (χ4v) is 4.93. The fraction of sp³-hybridized carbons (Fsp3) is 0.636. The van der Waals surface area contributed by atoms with Crippen molar-refractivity contribution in [1.82, 2.24) is 19.1 Å². The minimum atomic E-state index is -0.909. The van der Waals surface area contributed by atoms with Crippen LogP contribution in [0.3, 0.4) is 0 Å². The Morgan fingerprint density at radius 2 is 1.47 bits per heavy atom. The first-order valence-electron chi connectivity index (χ1n) is 11.7. The van der Waals surface area contributed by atoms with Crippen LogP contribution >= 0.6 is 0 Å². The van der Waals surface area contributed by atoms with Crippen LogP contribution in [0.1, 0.15) is 42.8 Å². The number of rotatable bonds is 6. The molecule has 2 aromatic heterocycles. The Hall–Kier alpha value is -2.88.